The zero-order valence-electron chi connectivity index (χ0n) is 28.1. The van der Waals surface area contributed by atoms with E-state index in [1.165, 1.54) is 0 Å². The van der Waals surface area contributed by atoms with Crippen molar-refractivity contribution in [1.82, 2.24) is 9.55 Å². The summed E-state index contributed by atoms with van der Waals surface area (Å²) < 4.78 is 28.3. The maximum absolute atomic E-state index is 12.8. The maximum Gasteiger partial charge on any atom is 0.300 e. The average Bonchev–Trinajstić information content (AvgIpc) is 3.32. The summed E-state index contributed by atoms with van der Waals surface area (Å²) in [6.45, 7) is 15.5. The van der Waals surface area contributed by atoms with Gasteiger partial charge in [0.25, 0.3) is 13.9 Å². The van der Waals surface area contributed by atoms with E-state index in [2.05, 4.69) is 63.9 Å². The van der Waals surface area contributed by atoms with Crippen LogP contribution >= 0.6 is 0 Å². The van der Waals surface area contributed by atoms with Gasteiger partial charge < -0.3 is 23.7 Å². The summed E-state index contributed by atoms with van der Waals surface area (Å²) in [6.07, 6.45) is 3.93. The molecule has 2 aromatic carbocycles. The first kappa shape index (κ1) is 35.0. The highest BCUT2D eigenvalue weighted by Gasteiger charge is 2.55. The Morgan fingerprint density at radius 2 is 1.53 bits per heavy atom. The zero-order valence-corrected chi connectivity index (χ0v) is 29.1. The normalized spacial score (nSPS) is 18.7. The Labute approximate surface area is 269 Å². The second-order valence-corrected chi connectivity index (χ2v) is 17.7. The molecule has 1 aromatic heterocycles. The second kappa shape index (κ2) is 15.2. The minimum atomic E-state index is -3.00. The largest absolute Gasteiger partial charge is 0.456 e. The van der Waals surface area contributed by atoms with Gasteiger partial charge in [0, 0.05) is 25.0 Å². The fourth-order valence-electron chi connectivity index (χ4n) is 6.23. The van der Waals surface area contributed by atoms with E-state index in [0.29, 0.717) is 18.8 Å². The summed E-state index contributed by atoms with van der Waals surface area (Å²) >= 11 is 0. The molecular weight excluding hydrogens is 584 g/mol. The van der Waals surface area contributed by atoms with E-state index in [1.807, 2.05) is 47.9 Å². The van der Waals surface area contributed by atoms with Gasteiger partial charge in [0.1, 0.15) is 11.7 Å². The Hall–Kier alpha value is -2.82. The van der Waals surface area contributed by atoms with Gasteiger partial charge in [0.2, 0.25) is 0 Å². The van der Waals surface area contributed by atoms with Gasteiger partial charge >= 0.3 is 6.01 Å². The Kier molecular flexibility index (Phi) is 11.8. The van der Waals surface area contributed by atoms with Crippen molar-refractivity contribution in [2.75, 3.05) is 26.4 Å². The molecule has 2 heterocycles. The van der Waals surface area contributed by atoms with Gasteiger partial charge in [0.15, 0.2) is 6.10 Å². The van der Waals surface area contributed by atoms with Crippen molar-refractivity contribution in [3.05, 3.63) is 82.8 Å². The van der Waals surface area contributed by atoms with Crippen molar-refractivity contribution in [3.63, 3.8) is 0 Å². The molecule has 0 aliphatic carbocycles. The Morgan fingerprint density at radius 3 is 2.09 bits per heavy atom. The first-order valence-corrected chi connectivity index (χ1v) is 18.3. The molecular formula is C36H52N2O6Si. The molecule has 1 unspecified atom stereocenters. The Bertz CT molecular complexity index is 1370. The van der Waals surface area contributed by atoms with Crippen LogP contribution in [0.4, 0.5) is 0 Å². The van der Waals surface area contributed by atoms with E-state index in [0.717, 1.165) is 36.1 Å². The average molecular weight is 637 g/mol. The fraction of sp³-hybridized carbons (Fsp3) is 0.556. The van der Waals surface area contributed by atoms with Gasteiger partial charge in [-0.3, -0.25) is 9.36 Å². The van der Waals surface area contributed by atoms with E-state index in [4.69, 9.17) is 18.6 Å². The number of hydrogen-bond acceptors (Lipinski definition) is 7. The van der Waals surface area contributed by atoms with Crippen molar-refractivity contribution >= 4 is 18.7 Å². The number of rotatable bonds is 16. The third-order valence-corrected chi connectivity index (χ3v) is 13.8. The van der Waals surface area contributed by atoms with Crippen molar-refractivity contribution in [2.24, 2.45) is 0 Å². The predicted octanol–water partition coefficient (Wildman–Crippen LogP) is 5.18. The topological polar surface area (TPSA) is 92.0 Å². The SMILES string of the molecule is CCCCOC[C@](O)(CO[Si](c1ccccc1)(c1ccccc1)C(C)(C)C)C(OCCCC)[C@H]1Oc2nc(=O)c(C)cn2[C@@H]1C. The number of unbranched alkanes of at least 4 members (excludes halogenated alkanes) is 2. The van der Waals surface area contributed by atoms with E-state index < -0.39 is 26.1 Å². The molecule has 4 rings (SSSR count). The molecule has 246 valence electrons. The molecule has 4 atom stereocenters. The van der Waals surface area contributed by atoms with Crippen molar-refractivity contribution in [2.45, 2.75) is 103 Å². The fourth-order valence-corrected chi connectivity index (χ4v) is 10.9. The molecule has 0 bridgehead atoms. The maximum atomic E-state index is 12.8. The molecule has 1 N–H and O–H groups in total. The van der Waals surface area contributed by atoms with E-state index in [9.17, 15) is 9.90 Å². The Balaban J connectivity index is 1.80. The number of fused-ring (bicyclic) bond motifs is 1. The van der Waals surface area contributed by atoms with Crippen LogP contribution in [0.1, 0.15) is 78.8 Å². The highest BCUT2D eigenvalue weighted by molar-refractivity contribution is 6.99. The number of ether oxygens (including phenoxy) is 3. The molecule has 1 aliphatic heterocycles. The van der Waals surface area contributed by atoms with Crippen LogP contribution in [-0.2, 0) is 13.9 Å². The highest BCUT2D eigenvalue weighted by Crippen LogP contribution is 2.39. The number of hydrogen-bond donors (Lipinski definition) is 1. The van der Waals surface area contributed by atoms with Crippen LogP contribution in [0.2, 0.25) is 5.04 Å². The number of aliphatic hydroxyl groups is 1. The summed E-state index contributed by atoms with van der Waals surface area (Å²) in [7, 11) is -3.00. The van der Waals surface area contributed by atoms with Gasteiger partial charge in [-0.25, -0.2) is 0 Å². The Morgan fingerprint density at radius 1 is 0.956 bits per heavy atom. The van der Waals surface area contributed by atoms with E-state index in [-0.39, 0.29) is 35.9 Å². The van der Waals surface area contributed by atoms with Crippen LogP contribution in [0.25, 0.3) is 0 Å². The first-order valence-electron chi connectivity index (χ1n) is 16.4. The van der Waals surface area contributed by atoms with Crippen molar-refractivity contribution in [1.29, 1.82) is 0 Å². The van der Waals surface area contributed by atoms with Crippen LogP contribution in [0, 0.1) is 6.92 Å². The van der Waals surface area contributed by atoms with Gasteiger partial charge in [-0.05, 0) is 42.1 Å². The van der Waals surface area contributed by atoms with Crippen molar-refractivity contribution in [3.8, 4) is 6.01 Å². The second-order valence-electron chi connectivity index (χ2n) is 13.3. The molecule has 0 radical (unpaired) electrons. The number of benzene rings is 2. The summed E-state index contributed by atoms with van der Waals surface area (Å²) in [4.78, 5) is 16.6. The summed E-state index contributed by atoms with van der Waals surface area (Å²) in [5.74, 6) is 0. The van der Waals surface area contributed by atoms with Gasteiger partial charge in [-0.1, -0.05) is 108 Å². The monoisotopic (exact) mass is 636 g/mol. The number of aromatic nitrogens is 2. The number of aryl methyl sites for hydroxylation is 1. The van der Waals surface area contributed by atoms with Crippen LogP contribution in [0.15, 0.2) is 71.7 Å². The minimum Gasteiger partial charge on any atom is -0.456 e. The lowest BCUT2D eigenvalue weighted by atomic mass is 9.90. The lowest BCUT2D eigenvalue weighted by Crippen LogP contribution is -2.69. The van der Waals surface area contributed by atoms with Crippen LogP contribution in [0.5, 0.6) is 6.01 Å². The summed E-state index contributed by atoms with van der Waals surface area (Å²) in [5, 5.41) is 14.8. The summed E-state index contributed by atoms with van der Waals surface area (Å²) in [5.41, 5.74) is -1.37. The lowest BCUT2D eigenvalue weighted by molar-refractivity contribution is -0.188. The van der Waals surface area contributed by atoms with Crippen LogP contribution < -0.4 is 20.7 Å². The predicted molar refractivity (Wildman–Crippen MR) is 181 cm³/mol. The van der Waals surface area contributed by atoms with E-state index >= 15 is 0 Å². The molecule has 0 spiro atoms. The smallest absolute Gasteiger partial charge is 0.300 e. The van der Waals surface area contributed by atoms with Gasteiger partial charge in [-0.15, -0.1) is 0 Å². The standard InChI is InChI=1S/C36H52N2O6Si/c1-8-10-22-41-25-36(40,32(42-23-11-9-2)31-28(4)38-24-27(3)33(39)37-34(38)44-31)26-43-45(35(5,6)7,29-18-14-12-15-19-29)30-20-16-13-17-21-30/h12-21,24,28,31-32,40H,8-11,22-23,25-26H2,1-7H3/t28-,31+,32?,36+/m1/s1. The molecule has 0 saturated heterocycles. The van der Waals surface area contributed by atoms with E-state index in [1.54, 1.807) is 13.1 Å². The van der Waals surface area contributed by atoms with Crippen LogP contribution in [0.3, 0.4) is 0 Å². The minimum absolute atomic E-state index is 0.00878. The highest BCUT2D eigenvalue weighted by atomic mass is 28.4. The molecule has 0 fully saturated rings. The lowest BCUT2D eigenvalue weighted by Gasteiger charge is -2.46. The third kappa shape index (κ3) is 7.60. The van der Waals surface area contributed by atoms with Crippen LogP contribution in [-0.4, -0.2) is 67.2 Å². The summed E-state index contributed by atoms with van der Waals surface area (Å²) in [6, 6.07) is 20.8. The third-order valence-electron chi connectivity index (χ3n) is 8.82. The first-order chi connectivity index (χ1) is 21.5. The van der Waals surface area contributed by atoms with Crippen molar-refractivity contribution < 1.29 is 23.7 Å². The molecule has 45 heavy (non-hydrogen) atoms. The van der Waals surface area contributed by atoms with Gasteiger partial charge in [0.05, 0.1) is 19.3 Å². The molecule has 9 heteroatoms. The molecule has 3 aromatic rings. The van der Waals surface area contributed by atoms with Gasteiger partial charge in [-0.2, -0.15) is 4.98 Å². The molecule has 0 saturated carbocycles. The molecule has 1 aliphatic rings. The molecule has 8 nitrogen and oxygen atoms in total. The quantitative estimate of drug-likeness (QED) is 0.171. The molecule has 0 amide bonds. The zero-order chi connectivity index (χ0) is 32.7. The number of nitrogens with zero attached hydrogens (tertiary/aromatic N) is 2.